The average molecular weight is 374 g/mol. The number of alkyl halides is 6. The van der Waals surface area contributed by atoms with Crippen molar-refractivity contribution in [1.82, 2.24) is 0 Å². The largest absolute Gasteiger partial charge is 0.417 e. The highest BCUT2D eigenvalue weighted by atomic mass is 79.9. The minimum absolute atomic E-state index is 0.0993. The topological polar surface area (TPSA) is 23.9 Å². The summed E-state index contributed by atoms with van der Waals surface area (Å²) in [6, 6.07) is 3.31. The van der Waals surface area contributed by atoms with Gasteiger partial charge in [-0.25, -0.2) is 0 Å². The van der Waals surface area contributed by atoms with Crippen LogP contribution in [-0.2, 0) is 6.18 Å². The molecule has 0 amide bonds. The van der Waals surface area contributed by atoms with Crippen molar-refractivity contribution in [2.24, 2.45) is 5.92 Å². The van der Waals surface area contributed by atoms with Crippen LogP contribution in [0, 0.1) is 11.3 Å². The van der Waals surface area contributed by atoms with Gasteiger partial charge in [-0.3, -0.25) is 0 Å². The molecule has 1 aromatic carbocycles. The van der Waals surface area contributed by atoms with Gasteiger partial charge in [0.25, 0.3) is 0 Å². The van der Waals surface area contributed by atoms with Gasteiger partial charge in [0.15, 0.2) is 0 Å². The standard InChI is InChI=1S/C13H10BrF6N/c14-10-2-1-6(3-9(10)13(18,19)20)8-4-7(5-11(8)21)12(15,16)17/h1-3,7-8,21H,4-5H2. The fraction of sp³-hybridized carbons (Fsp3) is 0.462. The summed E-state index contributed by atoms with van der Waals surface area (Å²) in [5, 5.41) is 7.64. The third-order valence-electron chi connectivity index (χ3n) is 3.57. The maximum Gasteiger partial charge on any atom is 0.417 e. The Bertz CT molecular complexity index is 563. The van der Waals surface area contributed by atoms with Gasteiger partial charge in [0.2, 0.25) is 0 Å². The molecule has 0 saturated heterocycles. The summed E-state index contributed by atoms with van der Waals surface area (Å²) in [5.41, 5.74) is -1.02. The summed E-state index contributed by atoms with van der Waals surface area (Å²) in [7, 11) is 0. The van der Waals surface area contributed by atoms with E-state index in [1.54, 1.807) is 0 Å². The van der Waals surface area contributed by atoms with Crippen molar-refractivity contribution >= 4 is 21.6 Å². The summed E-state index contributed by atoms with van der Waals surface area (Å²) >= 11 is 2.78. The summed E-state index contributed by atoms with van der Waals surface area (Å²) in [6.45, 7) is 0. The Morgan fingerprint density at radius 1 is 1.10 bits per heavy atom. The van der Waals surface area contributed by atoms with E-state index in [0.717, 1.165) is 12.1 Å². The lowest BCUT2D eigenvalue weighted by Crippen LogP contribution is -2.20. The molecule has 1 N–H and O–H groups in total. The maximum absolute atomic E-state index is 12.8. The maximum atomic E-state index is 12.8. The zero-order chi connectivity index (χ0) is 16.0. The van der Waals surface area contributed by atoms with Crippen molar-refractivity contribution in [3.63, 3.8) is 0 Å². The molecule has 0 aromatic heterocycles. The molecule has 0 heterocycles. The number of rotatable bonds is 1. The van der Waals surface area contributed by atoms with E-state index in [1.165, 1.54) is 6.07 Å². The molecule has 8 heteroatoms. The lowest BCUT2D eigenvalue weighted by Gasteiger charge is -2.16. The third-order valence-corrected chi connectivity index (χ3v) is 4.26. The Morgan fingerprint density at radius 2 is 1.71 bits per heavy atom. The lowest BCUT2D eigenvalue weighted by atomic mass is 9.93. The van der Waals surface area contributed by atoms with E-state index in [2.05, 4.69) is 15.9 Å². The summed E-state index contributed by atoms with van der Waals surface area (Å²) in [6.07, 6.45) is -9.85. The Labute approximate surface area is 125 Å². The second-order valence-electron chi connectivity index (χ2n) is 4.99. The van der Waals surface area contributed by atoms with Crippen molar-refractivity contribution in [3.05, 3.63) is 33.8 Å². The van der Waals surface area contributed by atoms with E-state index in [-0.39, 0.29) is 22.2 Å². The predicted molar refractivity (Wildman–Crippen MR) is 68.4 cm³/mol. The highest BCUT2D eigenvalue weighted by Gasteiger charge is 2.47. The van der Waals surface area contributed by atoms with Gasteiger partial charge in [-0.2, -0.15) is 26.3 Å². The number of nitrogens with one attached hydrogen (secondary N) is 1. The second-order valence-corrected chi connectivity index (χ2v) is 5.85. The first-order chi connectivity index (χ1) is 9.50. The van der Waals surface area contributed by atoms with E-state index in [1.807, 2.05) is 0 Å². The van der Waals surface area contributed by atoms with Gasteiger partial charge in [-0.1, -0.05) is 22.0 Å². The zero-order valence-electron chi connectivity index (χ0n) is 10.4. The van der Waals surface area contributed by atoms with Crippen molar-refractivity contribution in [2.75, 3.05) is 0 Å². The van der Waals surface area contributed by atoms with Gasteiger partial charge in [-0.05, 0) is 30.5 Å². The second kappa shape index (κ2) is 5.30. The number of benzene rings is 1. The van der Waals surface area contributed by atoms with Gasteiger partial charge in [0.1, 0.15) is 0 Å². The highest BCUT2D eigenvalue weighted by Crippen LogP contribution is 2.45. The predicted octanol–water partition coefficient (Wildman–Crippen LogP) is 5.54. The van der Waals surface area contributed by atoms with Gasteiger partial charge in [-0.15, -0.1) is 0 Å². The van der Waals surface area contributed by atoms with Crippen molar-refractivity contribution in [2.45, 2.75) is 31.1 Å². The molecule has 1 aromatic rings. The van der Waals surface area contributed by atoms with Crippen LogP contribution in [0.25, 0.3) is 0 Å². The van der Waals surface area contributed by atoms with Crippen LogP contribution in [0.15, 0.2) is 22.7 Å². The molecular weight excluding hydrogens is 364 g/mol. The minimum Gasteiger partial charge on any atom is -0.309 e. The molecule has 21 heavy (non-hydrogen) atoms. The van der Waals surface area contributed by atoms with Gasteiger partial charge in [0, 0.05) is 16.1 Å². The molecule has 1 nitrogen and oxygen atoms in total. The molecule has 1 aliphatic carbocycles. The van der Waals surface area contributed by atoms with Crippen molar-refractivity contribution < 1.29 is 26.3 Å². The van der Waals surface area contributed by atoms with E-state index in [9.17, 15) is 26.3 Å². The third kappa shape index (κ3) is 3.41. The molecule has 1 fully saturated rings. The van der Waals surface area contributed by atoms with E-state index < -0.39 is 36.2 Å². The van der Waals surface area contributed by atoms with Gasteiger partial charge < -0.3 is 5.41 Å². The average Bonchev–Trinajstić information content (AvgIpc) is 2.70. The fourth-order valence-corrected chi connectivity index (χ4v) is 2.95. The first-order valence-corrected chi connectivity index (χ1v) is 6.80. The first kappa shape index (κ1) is 16.3. The van der Waals surface area contributed by atoms with Crippen LogP contribution in [-0.4, -0.2) is 11.9 Å². The highest BCUT2D eigenvalue weighted by molar-refractivity contribution is 9.10. The SMILES string of the molecule is N=C1CC(C(F)(F)F)CC1c1ccc(Br)c(C(F)(F)F)c1. The Morgan fingerprint density at radius 3 is 2.19 bits per heavy atom. The molecule has 0 radical (unpaired) electrons. The molecular formula is C13H10BrF6N. The molecule has 0 bridgehead atoms. The van der Waals surface area contributed by atoms with Gasteiger partial charge >= 0.3 is 12.4 Å². The smallest absolute Gasteiger partial charge is 0.309 e. The molecule has 116 valence electrons. The Balaban J connectivity index is 2.34. The summed E-state index contributed by atoms with van der Waals surface area (Å²) in [5.74, 6) is -2.57. The molecule has 2 atom stereocenters. The zero-order valence-corrected chi connectivity index (χ0v) is 12.0. The van der Waals surface area contributed by atoms with Crippen LogP contribution < -0.4 is 0 Å². The van der Waals surface area contributed by atoms with Crippen molar-refractivity contribution in [1.29, 1.82) is 5.41 Å². The van der Waals surface area contributed by atoms with E-state index >= 15 is 0 Å². The molecule has 2 rings (SSSR count). The molecule has 0 aliphatic heterocycles. The van der Waals surface area contributed by atoms with Crippen LogP contribution >= 0.6 is 15.9 Å². The van der Waals surface area contributed by atoms with Crippen LogP contribution in [0.4, 0.5) is 26.3 Å². The lowest BCUT2D eigenvalue weighted by molar-refractivity contribution is -0.171. The Hall–Kier alpha value is -1.05. The summed E-state index contributed by atoms with van der Waals surface area (Å²) in [4.78, 5) is 0. The summed E-state index contributed by atoms with van der Waals surface area (Å²) < 4.78 is 76.3. The first-order valence-electron chi connectivity index (χ1n) is 6.01. The van der Waals surface area contributed by atoms with Crippen LogP contribution in [0.1, 0.15) is 29.9 Å². The quantitative estimate of drug-likeness (QED) is 0.624. The minimum atomic E-state index is -4.60. The van der Waals surface area contributed by atoms with E-state index in [0.29, 0.717) is 0 Å². The van der Waals surface area contributed by atoms with Gasteiger partial charge in [0.05, 0.1) is 11.5 Å². The number of halogens is 7. The molecule has 1 aliphatic rings. The fourth-order valence-electron chi connectivity index (χ4n) is 2.48. The van der Waals surface area contributed by atoms with Crippen molar-refractivity contribution in [3.8, 4) is 0 Å². The molecule has 1 saturated carbocycles. The normalized spacial score (nSPS) is 23.7. The van der Waals surface area contributed by atoms with Crippen LogP contribution in [0.2, 0.25) is 0 Å². The Kier molecular flexibility index (Phi) is 4.12. The molecule has 0 spiro atoms. The van der Waals surface area contributed by atoms with Crippen LogP contribution in [0.5, 0.6) is 0 Å². The monoisotopic (exact) mass is 373 g/mol. The number of hydrogen-bond donors (Lipinski definition) is 1. The molecule has 2 unspecified atom stereocenters. The van der Waals surface area contributed by atoms with E-state index in [4.69, 9.17) is 5.41 Å². The number of hydrogen-bond acceptors (Lipinski definition) is 1. The van der Waals surface area contributed by atoms with Crippen LogP contribution in [0.3, 0.4) is 0 Å².